The molecule has 0 aromatic rings. The van der Waals surface area contributed by atoms with Crippen LogP contribution in [0.5, 0.6) is 0 Å². The molecule has 1 amide bonds. The van der Waals surface area contributed by atoms with Gasteiger partial charge in [-0.3, -0.25) is 9.79 Å². The summed E-state index contributed by atoms with van der Waals surface area (Å²) in [6.07, 6.45) is 4.82. The molecule has 1 saturated carbocycles. The van der Waals surface area contributed by atoms with Crippen molar-refractivity contribution in [1.29, 1.82) is 0 Å². The Kier molecular flexibility index (Phi) is 4.58. The summed E-state index contributed by atoms with van der Waals surface area (Å²) in [7, 11) is 0. The Morgan fingerprint density at radius 1 is 1.56 bits per heavy atom. The molecule has 3 nitrogen and oxygen atoms in total. The van der Waals surface area contributed by atoms with E-state index in [1.165, 1.54) is 12.8 Å². The first-order valence-corrected chi connectivity index (χ1v) is 7.76. The number of rotatable bonds is 3. The van der Waals surface area contributed by atoms with Gasteiger partial charge < -0.3 is 5.32 Å². The van der Waals surface area contributed by atoms with Crippen molar-refractivity contribution in [1.82, 2.24) is 5.32 Å². The maximum Gasteiger partial charge on any atom is 0.233 e. The smallest absolute Gasteiger partial charge is 0.233 e. The lowest BCUT2D eigenvalue weighted by Gasteiger charge is -2.15. The second-order valence-electron chi connectivity index (χ2n) is 4.25. The largest absolute Gasteiger partial charge is 0.352 e. The van der Waals surface area contributed by atoms with E-state index in [1.807, 2.05) is 6.92 Å². The van der Waals surface area contributed by atoms with Gasteiger partial charge in [-0.25, -0.2) is 0 Å². The molecule has 0 saturated heterocycles. The van der Waals surface area contributed by atoms with E-state index in [2.05, 4.69) is 10.3 Å². The summed E-state index contributed by atoms with van der Waals surface area (Å²) >= 11 is 3.36. The van der Waals surface area contributed by atoms with Crippen LogP contribution in [0.25, 0.3) is 0 Å². The first-order chi connectivity index (χ1) is 7.75. The zero-order valence-corrected chi connectivity index (χ0v) is 11.2. The number of nitrogens with zero attached hydrogens (tertiary/aromatic N) is 1. The lowest BCUT2D eigenvalue weighted by atomic mass is 10.2. The van der Waals surface area contributed by atoms with Gasteiger partial charge in [-0.15, -0.1) is 0 Å². The molecule has 1 heterocycles. The van der Waals surface area contributed by atoms with Crippen LogP contribution in [0.4, 0.5) is 0 Å². The molecule has 0 spiro atoms. The Morgan fingerprint density at radius 3 is 2.94 bits per heavy atom. The van der Waals surface area contributed by atoms with Crippen molar-refractivity contribution in [2.75, 3.05) is 12.3 Å². The van der Waals surface area contributed by atoms with Crippen molar-refractivity contribution < 1.29 is 4.79 Å². The van der Waals surface area contributed by atoms with Crippen LogP contribution in [0.3, 0.4) is 0 Å². The van der Waals surface area contributed by atoms with E-state index in [0.717, 1.165) is 29.5 Å². The summed E-state index contributed by atoms with van der Waals surface area (Å²) in [6.45, 7) is 2.88. The van der Waals surface area contributed by atoms with E-state index in [1.54, 1.807) is 23.5 Å². The molecule has 16 heavy (non-hydrogen) atoms. The summed E-state index contributed by atoms with van der Waals surface area (Å²) < 4.78 is 1.08. The minimum Gasteiger partial charge on any atom is -0.352 e. The van der Waals surface area contributed by atoms with Crippen LogP contribution in [0.15, 0.2) is 4.99 Å². The van der Waals surface area contributed by atoms with Crippen LogP contribution in [-0.2, 0) is 4.79 Å². The third-order valence-electron chi connectivity index (χ3n) is 2.91. The summed E-state index contributed by atoms with van der Waals surface area (Å²) in [5, 5.41) is 3.12. The Bertz CT molecular complexity index is 288. The molecule has 90 valence electrons. The standard InChI is InChI=1S/C11H18N2OS2/c1-8(16-11-12-6-7-15-11)10(14)13-9-4-2-3-5-9/h8-9H,2-7H2,1H3,(H,13,14)/t8-/m1/s1. The normalized spacial score (nSPS) is 23.2. The second kappa shape index (κ2) is 5.96. The molecular formula is C11H18N2OS2. The molecular weight excluding hydrogens is 240 g/mol. The maximum atomic E-state index is 11.9. The molecule has 2 rings (SSSR count). The van der Waals surface area contributed by atoms with E-state index in [0.29, 0.717) is 6.04 Å². The van der Waals surface area contributed by atoms with Crippen LogP contribution in [0.1, 0.15) is 32.6 Å². The van der Waals surface area contributed by atoms with Gasteiger partial charge in [0.15, 0.2) is 0 Å². The number of thioether (sulfide) groups is 2. The highest BCUT2D eigenvalue weighted by atomic mass is 32.2. The number of hydrogen-bond acceptors (Lipinski definition) is 4. The number of nitrogens with one attached hydrogen (secondary N) is 1. The molecule has 1 fully saturated rings. The number of amides is 1. The van der Waals surface area contributed by atoms with Gasteiger partial charge in [0.2, 0.25) is 5.91 Å². The second-order valence-corrected chi connectivity index (χ2v) is 6.92. The van der Waals surface area contributed by atoms with Gasteiger partial charge in [-0.05, 0) is 19.8 Å². The van der Waals surface area contributed by atoms with E-state index in [-0.39, 0.29) is 11.2 Å². The predicted octanol–water partition coefficient (Wildman–Crippen LogP) is 2.27. The average molecular weight is 258 g/mol. The van der Waals surface area contributed by atoms with Gasteiger partial charge in [0.25, 0.3) is 0 Å². The van der Waals surface area contributed by atoms with Gasteiger partial charge in [-0.2, -0.15) is 0 Å². The minimum atomic E-state index is -0.00931. The zero-order chi connectivity index (χ0) is 11.4. The summed E-state index contributed by atoms with van der Waals surface area (Å²) in [4.78, 5) is 16.2. The molecule has 1 aliphatic heterocycles. The van der Waals surface area contributed by atoms with Gasteiger partial charge >= 0.3 is 0 Å². The van der Waals surface area contributed by atoms with Gasteiger partial charge in [0.05, 0.1) is 11.8 Å². The Balaban J connectivity index is 1.74. The summed E-state index contributed by atoms with van der Waals surface area (Å²) in [6, 6.07) is 0.425. The lowest BCUT2D eigenvalue weighted by molar-refractivity contribution is -0.120. The van der Waals surface area contributed by atoms with Gasteiger partial charge in [0.1, 0.15) is 4.38 Å². The third kappa shape index (κ3) is 3.42. The molecule has 0 aromatic heterocycles. The van der Waals surface area contributed by atoms with Crippen molar-refractivity contribution in [2.45, 2.75) is 43.9 Å². The molecule has 0 unspecified atom stereocenters. The van der Waals surface area contributed by atoms with Crippen molar-refractivity contribution in [3.05, 3.63) is 0 Å². The lowest BCUT2D eigenvalue weighted by Crippen LogP contribution is -2.37. The highest BCUT2D eigenvalue weighted by molar-refractivity contribution is 8.39. The van der Waals surface area contributed by atoms with Crippen LogP contribution in [-0.4, -0.2) is 33.9 Å². The van der Waals surface area contributed by atoms with Crippen LogP contribution >= 0.6 is 23.5 Å². The molecule has 1 atom stereocenters. The summed E-state index contributed by atoms with van der Waals surface area (Å²) in [5.41, 5.74) is 0. The van der Waals surface area contributed by atoms with Crippen molar-refractivity contribution in [2.24, 2.45) is 4.99 Å². The maximum absolute atomic E-state index is 11.9. The molecule has 0 radical (unpaired) electrons. The fourth-order valence-corrected chi connectivity index (χ4v) is 4.12. The fourth-order valence-electron chi connectivity index (χ4n) is 1.98. The zero-order valence-electron chi connectivity index (χ0n) is 9.57. The molecule has 0 aromatic carbocycles. The summed E-state index contributed by atoms with van der Waals surface area (Å²) in [5.74, 6) is 1.24. The van der Waals surface area contributed by atoms with E-state index in [4.69, 9.17) is 0 Å². The SMILES string of the molecule is C[C@@H](SC1=NCCS1)C(=O)NC1CCCC1. The number of carbonyl (C=O) groups excluding carboxylic acids is 1. The van der Waals surface area contributed by atoms with Gasteiger partial charge in [-0.1, -0.05) is 36.4 Å². The number of carbonyl (C=O) groups is 1. The van der Waals surface area contributed by atoms with Crippen molar-refractivity contribution in [3.8, 4) is 0 Å². The van der Waals surface area contributed by atoms with E-state index >= 15 is 0 Å². The first-order valence-electron chi connectivity index (χ1n) is 5.90. The minimum absolute atomic E-state index is 0.00931. The molecule has 0 bridgehead atoms. The Labute approximate surface area is 105 Å². The quantitative estimate of drug-likeness (QED) is 0.844. The molecule has 5 heteroatoms. The first kappa shape index (κ1) is 12.3. The third-order valence-corrected chi connectivity index (χ3v) is 5.21. The number of aliphatic imine (C=N–C) groups is 1. The monoisotopic (exact) mass is 258 g/mol. The number of hydrogen-bond donors (Lipinski definition) is 1. The molecule has 1 aliphatic carbocycles. The van der Waals surface area contributed by atoms with E-state index < -0.39 is 0 Å². The average Bonchev–Trinajstić information content (AvgIpc) is 2.90. The van der Waals surface area contributed by atoms with Crippen LogP contribution in [0.2, 0.25) is 0 Å². The molecule has 1 N–H and O–H groups in total. The molecule has 2 aliphatic rings. The van der Waals surface area contributed by atoms with Crippen LogP contribution < -0.4 is 5.32 Å². The topological polar surface area (TPSA) is 41.5 Å². The Hall–Kier alpha value is -0.160. The highest BCUT2D eigenvalue weighted by Gasteiger charge is 2.22. The fraction of sp³-hybridized carbons (Fsp3) is 0.818. The van der Waals surface area contributed by atoms with Crippen molar-refractivity contribution in [3.63, 3.8) is 0 Å². The van der Waals surface area contributed by atoms with Gasteiger partial charge in [0, 0.05) is 11.8 Å². The van der Waals surface area contributed by atoms with E-state index in [9.17, 15) is 4.79 Å². The van der Waals surface area contributed by atoms with Crippen LogP contribution in [0, 0.1) is 0 Å². The highest BCUT2D eigenvalue weighted by Crippen LogP contribution is 2.26. The Morgan fingerprint density at radius 2 is 2.31 bits per heavy atom. The predicted molar refractivity (Wildman–Crippen MR) is 72.2 cm³/mol. The van der Waals surface area contributed by atoms with Crippen molar-refractivity contribution >= 4 is 33.8 Å².